The molecule has 2 rings (SSSR count). The van der Waals surface area contributed by atoms with E-state index >= 15 is 0 Å². The van der Waals surface area contributed by atoms with Crippen molar-refractivity contribution in [2.45, 2.75) is 13.5 Å². The molecule has 1 aromatic rings. The summed E-state index contributed by atoms with van der Waals surface area (Å²) in [5, 5.41) is 0. The van der Waals surface area contributed by atoms with Crippen LogP contribution >= 0.6 is 0 Å². The molecule has 0 unspecified atom stereocenters. The Labute approximate surface area is 86.9 Å². The van der Waals surface area contributed by atoms with Crippen LogP contribution in [0.15, 0.2) is 15.8 Å². The number of aromatic nitrogens is 2. The first kappa shape index (κ1) is 10.2. The summed E-state index contributed by atoms with van der Waals surface area (Å²) in [5.41, 5.74) is 0.121. The predicted octanol–water partition coefficient (Wildman–Crippen LogP) is -0.498. The average Bonchev–Trinajstić information content (AvgIpc) is 2.15. The van der Waals surface area contributed by atoms with Gasteiger partial charge >= 0.3 is 5.69 Å². The van der Waals surface area contributed by atoms with Gasteiger partial charge in [-0.25, -0.2) is 4.79 Å². The van der Waals surface area contributed by atoms with Crippen molar-refractivity contribution in [1.82, 2.24) is 9.13 Å². The molecule has 82 valence electrons. The standard InChI is InChI=1S/C10H14N2O3/c1-7-3-12(4-8-5-15-6-8)10(14)11(2)9(7)13/h3,8H,4-6H2,1-2H3. The predicted molar refractivity (Wildman–Crippen MR) is 55.0 cm³/mol. The van der Waals surface area contributed by atoms with E-state index in [1.807, 2.05) is 0 Å². The number of rotatable bonds is 2. The monoisotopic (exact) mass is 210 g/mol. The summed E-state index contributed by atoms with van der Waals surface area (Å²) in [6.45, 7) is 3.76. The highest BCUT2D eigenvalue weighted by molar-refractivity contribution is 5.02. The fourth-order valence-corrected chi connectivity index (χ4v) is 1.69. The molecule has 0 aliphatic carbocycles. The van der Waals surface area contributed by atoms with Crippen LogP contribution in [0.2, 0.25) is 0 Å². The molecule has 0 spiro atoms. The van der Waals surface area contributed by atoms with Gasteiger partial charge in [0.1, 0.15) is 0 Å². The minimum Gasteiger partial charge on any atom is -0.381 e. The lowest BCUT2D eigenvalue weighted by molar-refractivity contribution is -0.0401. The number of hydrogen-bond donors (Lipinski definition) is 0. The molecule has 0 radical (unpaired) electrons. The molecule has 15 heavy (non-hydrogen) atoms. The van der Waals surface area contributed by atoms with E-state index in [-0.39, 0.29) is 11.2 Å². The Kier molecular flexibility index (Phi) is 2.48. The number of hydrogen-bond acceptors (Lipinski definition) is 3. The van der Waals surface area contributed by atoms with Gasteiger partial charge in [0.25, 0.3) is 5.56 Å². The highest BCUT2D eigenvalue weighted by Gasteiger charge is 2.19. The maximum absolute atomic E-state index is 11.7. The molecule has 2 heterocycles. The maximum Gasteiger partial charge on any atom is 0.330 e. The van der Waals surface area contributed by atoms with Gasteiger partial charge in [0.15, 0.2) is 0 Å². The second kappa shape index (κ2) is 3.66. The van der Waals surface area contributed by atoms with E-state index in [1.54, 1.807) is 17.7 Å². The molecule has 1 fully saturated rings. The number of aryl methyl sites for hydroxylation is 1. The number of ether oxygens (including phenoxy) is 1. The zero-order valence-corrected chi connectivity index (χ0v) is 8.90. The Bertz CT molecular complexity index is 482. The van der Waals surface area contributed by atoms with Gasteiger partial charge in [-0.3, -0.25) is 13.9 Å². The smallest absolute Gasteiger partial charge is 0.330 e. The van der Waals surface area contributed by atoms with Gasteiger partial charge in [-0.05, 0) is 6.92 Å². The summed E-state index contributed by atoms with van der Waals surface area (Å²) in [6, 6.07) is 0. The quantitative estimate of drug-likeness (QED) is 0.661. The van der Waals surface area contributed by atoms with Crippen LogP contribution in [0.25, 0.3) is 0 Å². The number of nitrogens with zero attached hydrogens (tertiary/aromatic N) is 2. The lowest BCUT2D eigenvalue weighted by Crippen LogP contribution is -2.42. The highest BCUT2D eigenvalue weighted by Crippen LogP contribution is 2.11. The third-order valence-corrected chi connectivity index (χ3v) is 2.69. The molecule has 0 bridgehead atoms. The van der Waals surface area contributed by atoms with Crippen molar-refractivity contribution in [2.75, 3.05) is 13.2 Å². The zero-order valence-electron chi connectivity index (χ0n) is 8.90. The Morgan fingerprint density at radius 3 is 2.67 bits per heavy atom. The summed E-state index contributed by atoms with van der Waals surface area (Å²) in [7, 11) is 1.51. The molecule has 5 heteroatoms. The average molecular weight is 210 g/mol. The van der Waals surface area contributed by atoms with Crippen LogP contribution in [0.1, 0.15) is 5.56 Å². The van der Waals surface area contributed by atoms with E-state index in [0.29, 0.717) is 31.2 Å². The van der Waals surface area contributed by atoms with Gasteiger partial charge in [0.05, 0.1) is 13.2 Å². The van der Waals surface area contributed by atoms with Crippen molar-refractivity contribution in [1.29, 1.82) is 0 Å². The van der Waals surface area contributed by atoms with Crippen molar-refractivity contribution in [3.05, 3.63) is 32.6 Å². The Balaban J connectivity index is 2.38. The molecule has 5 nitrogen and oxygen atoms in total. The van der Waals surface area contributed by atoms with E-state index in [0.717, 1.165) is 4.57 Å². The molecule has 1 aliphatic heterocycles. The highest BCUT2D eigenvalue weighted by atomic mass is 16.5. The Hall–Kier alpha value is -1.36. The third-order valence-electron chi connectivity index (χ3n) is 2.69. The first-order chi connectivity index (χ1) is 7.09. The van der Waals surface area contributed by atoms with Crippen molar-refractivity contribution >= 4 is 0 Å². The van der Waals surface area contributed by atoms with Gasteiger partial charge in [0, 0.05) is 31.3 Å². The maximum atomic E-state index is 11.7. The first-order valence-corrected chi connectivity index (χ1v) is 4.94. The van der Waals surface area contributed by atoms with Crippen LogP contribution in [0.3, 0.4) is 0 Å². The van der Waals surface area contributed by atoms with Gasteiger partial charge in [-0.1, -0.05) is 0 Å². The summed E-state index contributed by atoms with van der Waals surface area (Å²) < 4.78 is 7.78. The van der Waals surface area contributed by atoms with Crippen molar-refractivity contribution in [3.63, 3.8) is 0 Å². The Morgan fingerprint density at radius 1 is 1.47 bits per heavy atom. The molecule has 1 aromatic heterocycles. The molecular formula is C10H14N2O3. The minimum absolute atomic E-state index is 0.221. The normalized spacial score (nSPS) is 16.4. The van der Waals surface area contributed by atoms with Gasteiger partial charge in [-0.2, -0.15) is 0 Å². The molecular weight excluding hydrogens is 196 g/mol. The van der Waals surface area contributed by atoms with Crippen LogP contribution in [0, 0.1) is 12.8 Å². The summed E-state index contributed by atoms with van der Waals surface area (Å²) in [5.74, 6) is 0.402. The van der Waals surface area contributed by atoms with Gasteiger partial charge < -0.3 is 4.74 Å². The molecule has 0 amide bonds. The molecule has 1 saturated heterocycles. The van der Waals surface area contributed by atoms with E-state index in [9.17, 15) is 9.59 Å². The SMILES string of the molecule is Cc1cn(CC2COC2)c(=O)n(C)c1=O. The minimum atomic E-state index is -0.252. The lowest BCUT2D eigenvalue weighted by Gasteiger charge is -2.26. The zero-order chi connectivity index (χ0) is 11.0. The summed E-state index contributed by atoms with van der Waals surface area (Å²) in [4.78, 5) is 23.1. The van der Waals surface area contributed by atoms with Crippen LogP contribution in [0.4, 0.5) is 0 Å². The van der Waals surface area contributed by atoms with E-state index < -0.39 is 0 Å². The third kappa shape index (κ3) is 1.74. The van der Waals surface area contributed by atoms with Crippen LogP contribution in [-0.4, -0.2) is 22.3 Å². The van der Waals surface area contributed by atoms with E-state index in [2.05, 4.69) is 0 Å². The van der Waals surface area contributed by atoms with Crippen LogP contribution in [-0.2, 0) is 18.3 Å². The van der Waals surface area contributed by atoms with Crippen molar-refractivity contribution in [3.8, 4) is 0 Å². The Morgan fingerprint density at radius 2 is 2.13 bits per heavy atom. The second-order valence-corrected chi connectivity index (χ2v) is 4.01. The molecule has 1 aliphatic rings. The molecule has 0 aromatic carbocycles. The largest absolute Gasteiger partial charge is 0.381 e. The topological polar surface area (TPSA) is 53.2 Å². The van der Waals surface area contributed by atoms with Crippen molar-refractivity contribution in [2.24, 2.45) is 13.0 Å². The molecule has 0 saturated carbocycles. The van der Waals surface area contributed by atoms with E-state index in [1.165, 1.54) is 7.05 Å². The second-order valence-electron chi connectivity index (χ2n) is 4.01. The first-order valence-electron chi connectivity index (χ1n) is 4.94. The summed E-state index contributed by atoms with van der Waals surface area (Å²) in [6.07, 6.45) is 1.63. The lowest BCUT2D eigenvalue weighted by atomic mass is 10.1. The van der Waals surface area contributed by atoms with Gasteiger partial charge in [0.2, 0.25) is 0 Å². The fraction of sp³-hybridized carbons (Fsp3) is 0.600. The molecule has 0 atom stereocenters. The fourth-order valence-electron chi connectivity index (χ4n) is 1.69. The summed E-state index contributed by atoms with van der Waals surface area (Å²) >= 11 is 0. The van der Waals surface area contributed by atoms with Crippen LogP contribution in [0.5, 0.6) is 0 Å². The van der Waals surface area contributed by atoms with Crippen molar-refractivity contribution < 1.29 is 4.74 Å². The van der Waals surface area contributed by atoms with Crippen LogP contribution < -0.4 is 11.2 Å². The molecule has 0 N–H and O–H groups in total. The van der Waals surface area contributed by atoms with E-state index in [4.69, 9.17) is 4.74 Å². The van der Waals surface area contributed by atoms with Gasteiger partial charge in [-0.15, -0.1) is 0 Å².